The fourth-order valence-corrected chi connectivity index (χ4v) is 5.11. The highest BCUT2D eigenvalue weighted by Crippen LogP contribution is 2.40. The number of nitrogens with one attached hydrogen (secondary N) is 1. The van der Waals surface area contributed by atoms with E-state index in [2.05, 4.69) is 10.1 Å². The number of rotatable bonds is 7. The van der Waals surface area contributed by atoms with Crippen LogP contribution in [0.3, 0.4) is 0 Å². The van der Waals surface area contributed by atoms with Gasteiger partial charge in [-0.3, -0.25) is 0 Å². The Morgan fingerprint density at radius 1 is 0.946 bits per heavy atom. The molecular weight excluding hydrogens is 502 g/mol. The number of allylic oxidation sites excluding steroid dienone is 2. The van der Waals surface area contributed by atoms with E-state index in [0.29, 0.717) is 38.8 Å². The first kappa shape index (κ1) is 26.0. The number of hydrogen-bond donors (Lipinski definition) is 1. The Balaban J connectivity index is 1.72. The summed E-state index contributed by atoms with van der Waals surface area (Å²) in [5.41, 5.74) is 4.71. The van der Waals surface area contributed by atoms with Crippen LogP contribution in [0.5, 0.6) is 5.75 Å². The van der Waals surface area contributed by atoms with Crippen molar-refractivity contribution in [2.24, 2.45) is 0 Å². The summed E-state index contributed by atoms with van der Waals surface area (Å²) in [6, 6.07) is 13.7. The summed E-state index contributed by atoms with van der Waals surface area (Å²) >= 11 is 1.41. The maximum Gasteiger partial charge on any atom is 0.387 e. The molecule has 3 aromatic rings. The maximum atomic E-state index is 12.8. The van der Waals surface area contributed by atoms with E-state index in [0.717, 1.165) is 11.1 Å². The number of thiazole rings is 1. The maximum absolute atomic E-state index is 12.8. The zero-order valence-electron chi connectivity index (χ0n) is 20.5. The van der Waals surface area contributed by atoms with E-state index < -0.39 is 24.5 Å². The number of hydrogen-bond acceptors (Lipinski definition) is 8. The van der Waals surface area contributed by atoms with Gasteiger partial charge in [0.25, 0.3) is 0 Å². The molecule has 4 rings (SSSR count). The van der Waals surface area contributed by atoms with Gasteiger partial charge < -0.3 is 19.5 Å². The Morgan fingerprint density at radius 2 is 1.57 bits per heavy atom. The molecule has 0 aliphatic carbocycles. The third-order valence-corrected chi connectivity index (χ3v) is 6.81. The molecule has 1 aromatic heterocycles. The van der Waals surface area contributed by atoms with Gasteiger partial charge in [-0.1, -0.05) is 18.2 Å². The van der Waals surface area contributed by atoms with Gasteiger partial charge >= 0.3 is 18.6 Å². The smallest absolute Gasteiger partial charge is 0.387 e. The SMILES string of the molecule is COC(=O)C1=C(C)NC(C)=C(C(=O)OC)C1c1cccc(-c2nc(-c3ccc(OC(F)F)cc3)cs2)c1. The van der Waals surface area contributed by atoms with E-state index in [1.165, 1.54) is 37.7 Å². The molecule has 0 bridgehead atoms. The molecular formula is C27H24F2N2O5S. The van der Waals surface area contributed by atoms with Gasteiger partial charge in [0.15, 0.2) is 0 Å². The van der Waals surface area contributed by atoms with Gasteiger partial charge in [-0.15, -0.1) is 11.3 Å². The molecule has 2 aromatic carbocycles. The topological polar surface area (TPSA) is 86.8 Å². The predicted molar refractivity (Wildman–Crippen MR) is 135 cm³/mol. The first-order chi connectivity index (χ1) is 17.7. The van der Waals surface area contributed by atoms with E-state index in [9.17, 15) is 18.4 Å². The van der Waals surface area contributed by atoms with E-state index >= 15 is 0 Å². The average molecular weight is 527 g/mol. The second kappa shape index (κ2) is 10.9. The van der Waals surface area contributed by atoms with Crippen LogP contribution in [-0.2, 0) is 19.1 Å². The summed E-state index contributed by atoms with van der Waals surface area (Å²) in [5, 5.41) is 5.66. The van der Waals surface area contributed by atoms with Crippen LogP contribution in [0.2, 0.25) is 0 Å². The quantitative estimate of drug-likeness (QED) is 0.398. The van der Waals surface area contributed by atoms with Crippen molar-refractivity contribution in [2.75, 3.05) is 14.2 Å². The number of esters is 2. The molecule has 0 saturated carbocycles. The van der Waals surface area contributed by atoms with E-state index in [1.54, 1.807) is 26.0 Å². The Morgan fingerprint density at radius 3 is 2.14 bits per heavy atom. The number of halogens is 2. The molecule has 0 radical (unpaired) electrons. The van der Waals surface area contributed by atoms with Crippen LogP contribution in [0, 0.1) is 0 Å². The Labute approximate surface area is 216 Å². The van der Waals surface area contributed by atoms with Crippen LogP contribution < -0.4 is 10.1 Å². The number of aromatic nitrogens is 1. The fourth-order valence-electron chi connectivity index (χ4n) is 4.29. The van der Waals surface area contributed by atoms with Crippen LogP contribution in [0.25, 0.3) is 21.8 Å². The molecule has 0 atom stereocenters. The van der Waals surface area contributed by atoms with Crippen molar-refractivity contribution in [1.29, 1.82) is 0 Å². The summed E-state index contributed by atoms with van der Waals surface area (Å²) in [4.78, 5) is 30.2. The summed E-state index contributed by atoms with van der Waals surface area (Å²) in [7, 11) is 2.59. The average Bonchev–Trinajstić information content (AvgIpc) is 3.38. The van der Waals surface area contributed by atoms with Gasteiger partial charge in [0.2, 0.25) is 0 Å². The fraction of sp³-hybridized carbons (Fsp3) is 0.222. The lowest BCUT2D eigenvalue weighted by Gasteiger charge is -2.30. The van der Waals surface area contributed by atoms with Gasteiger partial charge in [-0.2, -0.15) is 8.78 Å². The standard InChI is InChI=1S/C27H24F2N2O5S/c1-14-21(25(32)34-3)23(22(15(2)30-14)26(33)35-4)17-6-5-7-18(12-17)24-31-20(13-37-24)16-8-10-19(11-9-16)36-27(28)29/h5-13,23,27,30H,1-4H3. The zero-order chi connectivity index (χ0) is 26.7. The molecule has 0 unspecified atom stereocenters. The van der Waals surface area contributed by atoms with E-state index in [-0.39, 0.29) is 5.75 Å². The van der Waals surface area contributed by atoms with Crippen molar-refractivity contribution < 1.29 is 32.6 Å². The van der Waals surface area contributed by atoms with Crippen LogP contribution in [0.4, 0.5) is 8.78 Å². The highest BCUT2D eigenvalue weighted by molar-refractivity contribution is 7.13. The molecule has 0 fully saturated rings. The lowest BCUT2D eigenvalue weighted by atomic mass is 9.80. The number of carbonyl (C=O) groups excluding carboxylic acids is 2. The van der Waals surface area contributed by atoms with Crippen LogP contribution in [0.15, 0.2) is 76.5 Å². The number of carbonyl (C=O) groups is 2. The van der Waals surface area contributed by atoms with Crippen LogP contribution >= 0.6 is 11.3 Å². The molecule has 0 spiro atoms. The molecule has 10 heteroatoms. The van der Waals surface area contributed by atoms with Crippen molar-refractivity contribution in [1.82, 2.24) is 10.3 Å². The van der Waals surface area contributed by atoms with Crippen molar-refractivity contribution >= 4 is 23.3 Å². The summed E-state index contributed by atoms with van der Waals surface area (Å²) < 4.78 is 39.3. The number of ether oxygens (including phenoxy) is 3. The highest BCUT2D eigenvalue weighted by Gasteiger charge is 2.37. The number of benzene rings is 2. The van der Waals surface area contributed by atoms with Gasteiger partial charge in [-0.05, 0) is 49.7 Å². The lowest BCUT2D eigenvalue weighted by molar-refractivity contribution is -0.137. The van der Waals surface area contributed by atoms with Crippen molar-refractivity contribution in [3.05, 3.63) is 82.0 Å². The zero-order valence-corrected chi connectivity index (χ0v) is 21.3. The summed E-state index contributed by atoms with van der Waals surface area (Å²) in [6.45, 7) is 0.622. The van der Waals surface area contributed by atoms with Crippen molar-refractivity contribution in [2.45, 2.75) is 26.4 Å². The molecule has 1 aliphatic heterocycles. The predicted octanol–water partition coefficient (Wildman–Crippen LogP) is 5.66. The van der Waals surface area contributed by atoms with Gasteiger partial charge in [-0.25, -0.2) is 14.6 Å². The molecule has 7 nitrogen and oxygen atoms in total. The minimum atomic E-state index is -2.89. The first-order valence-electron chi connectivity index (χ1n) is 11.2. The summed E-state index contributed by atoms with van der Waals surface area (Å²) in [5.74, 6) is -1.74. The van der Waals surface area contributed by atoms with Crippen LogP contribution in [-0.4, -0.2) is 37.8 Å². The number of alkyl halides is 2. The molecule has 2 heterocycles. The van der Waals surface area contributed by atoms with Crippen molar-refractivity contribution in [3.63, 3.8) is 0 Å². The summed E-state index contributed by atoms with van der Waals surface area (Å²) in [6.07, 6.45) is 0. The normalized spacial score (nSPS) is 14.0. The molecule has 0 saturated heterocycles. The monoisotopic (exact) mass is 526 g/mol. The van der Waals surface area contributed by atoms with Crippen molar-refractivity contribution in [3.8, 4) is 27.6 Å². The largest absolute Gasteiger partial charge is 0.466 e. The number of dihydropyridines is 1. The second-order valence-corrected chi connectivity index (χ2v) is 9.04. The Kier molecular flexibility index (Phi) is 7.68. The van der Waals surface area contributed by atoms with Crippen LogP contribution in [0.1, 0.15) is 25.3 Å². The van der Waals surface area contributed by atoms with Gasteiger partial charge in [0, 0.05) is 27.9 Å². The van der Waals surface area contributed by atoms with Gasteiger partial charge in [0.1, 0.15) is 10.8 Å². The minimum absolute atomic E-state index is 0.0680. The third-order valence-electron chi connectivity index (χ3n) is 5.92. The molecule has 1 aliphatic rings. The van der Waals surface area contributed by atoms with Gasteiger partial charge in [0.05, 0.1) is 37.0 Å². The second-order valence-electron chi connectivity index (χ2n) is 8.18. The highest BCUT2D eigenvalue weighted by atomic mass is 32.1. The number of methoxy groups -OCH3 is 2. The minimum Gasteiger partial charge on any atom is -0.466 e. The molecule has 0 amide bonds. The molecule has 37 heavy (non-hydrogen) atoms. The molecule has 192 valence electrons. The first-order valence-corrected chi connectivity index (χ1v) is 12.1. The Hall–Kier alpha value is -4.05. The Bertz CT molecular complexity index is 1360. The molecule has 1 N–H and O–H groups in total. The van der Waals surface area contributed by atoms with E-state index in [4.69, 9.17) is 14.5 Å². The third kappa shape index (κ3) is 5.39. The van der Waals surface area contributed by atoms with E-state index in [1.807, 2.05) is 29.6 Å². The number of nitrogens with zero attached hydrogens (tertiary/aromatic N) is 1. The lowest BCUT2D eigenvalue weighted by Crippen LogP contribution is -2.32.